The molecule has 13 heavy (non-hydrogen) atoms. The monoisotopic (exact) mass is 187 g/mol. The summed E-state index contributed by atoms with van der Waals surface area (Å²) in [6.45, 7) is 6.84. The zero-order valence-electron chi connectivity index (χ0n) is 8.93. The van der Waals surface area contributed by atoms with E-state index in [9.17, 15) is 0 Å². The third kappa shape index (κ3) is 3.25. The molecule has 0 aromatic heterocycles. The first-order valence-corrected chi connectivity index (χ1v) is 5.06. The zero-order valence-corrected chi connectivity index (χ0v) is 8.93. The summed E-state index contributed by atoms with van der Waals surface area (Å²) in [5.74, 6) is 0. The van der Waals surface area contributed by atoms with Crippen molar-refractivity contribution in [3.63, 3.8) is 0 Å². The lowest BCUT2D eigenvalue weighted by molar-refractivity contribution is -0.111. The maximum Gasteiger partial charge on any atom is 0.0901 e. The minimum Gasteiger partial charge on any atom is -0.382 e. The van der Waals surface area contributed by atoms with Crippen LogP contribution in [0.2, 0.25) is 0 Å². The van der Waals surface area contributed by atoms with Crippen LogP contribution < -0.4 is 5.32 Å². The standard InChI is InChI=1S/C10H21NO2/c1-4-11-9-5-6-13-10(2,7-9)8-12-3/h9,11H,4-8H2,1-3H3. The molecular formula is C10H21NO2. The van der Waals surface area contributed by atoms with Crippen LogP contribution in [0.5, 0.6) is 0 Å². The molecule has 1 aliphatic heterocycles. The molecular weight excluding hydrogens is 166 g/mol. The predicted molar refractivity (Wildman–Crippen MR) is 52.9 cm³/mol. The molecule has 1 fully saturated rings. The first-order chi connectivity index (χ1) is 6.20. The SMILES string of the molecule is CCNC1CCOC(C)(COC)C1. The number of methoxy groups -OCH3 is 1. The van der Waals surface area contributed by atoms with Gasteiger partial charge in [0.2, 0.25) is 0 Å². The van der Waals surface area contributed by atoms with Crippen LogP contribution in [0.4, 0.5) is 0 Å². The predicted octanol–water partition coefficient (Wildman–Crippen LogP) is 1.18. The molecule has 1 N–H and O–H groups in total. The van der Waals surface area contributed by atoms with Crippen LogP contribution in [0.3, 0.4) is 0 Å². The Labute approximate surface area is 80.8 Å². The molecule has 1 saturated heterocycles. The van der Waals surface area contributed by atoms with E-state index >= 15 is 0 Å². The molecule has 0 saturated carbocycles. The average Bonchev–Trinajstić information content (AvgIpc) is 2.04. The second kappa shape index (κ2) is 4.94. The van der Waals surface area contributed by atoms with Gasteiger partial charge < -0.3 is 14.8 Å². The van der Waals surface area contributed by atoms with Crippen LogP contribution in [0, 0.1) is 0 Å². The van der Waals surface area contributed by atoms with Crippen LogP contribution in [-0.2, 0) is 9.47 Å². The van der Waals surface area contributed by atoms with E-state index in [4.69, 9.17) is 9.47 Å². The van der Waals surface area contributed by atoms with Crippen molar-refractivity contribution in [2.24, 2.45) is 0 Å². The van der Waals surface area contributed by atoms with Gasteiger partial charge in [0.1, 0.15) is 0 Å². The van der Waals surface area contributed by atoms with E-state index in [1.807, 2.05) is 0 Å². The van der Waals surface area contributed by atoms with E-state index in [0.29, 0.717) is 12.6 Å². The van der Waals surface area contributed by atoms with Crippen LogP contribution in [0.1, 0.15) is 26.7 Å². The second-order valence-corrected chi connectivity index (χ2v) is 3.98. The number of nitrogens with one attached hydrogen (secondary N) is 1. The summed E-state index contributed by atoms with van der Waals surface area (Å²) < 4.78 is 10.9. The van der Waals surface area contributed by atoms with E-state index in [0.717, 1.165) is 26.0 Å². The summed E-state index contributed by atoms with van der Waals surface area (Å²) >= 11 is 0. The molecule has 1 aliphatic rings. The van der Waals surface area contributed by atoms with E-state index < -0.39 is 0 Å². The third-order valence-electron chi connectivity index (χ3n) is 2.54. The number of hydrogen-bond donors (Lipinski definition) is 1. The fourth-order valence-electron chi connectivity index (χ4n) is 2.00. The number of ether oxygens (including phenoxy) is 2. The van der Waals surface area contributed by atoms with Crippen LogP contribution in [0.15, 0.2) is 0 Å². The van der Waals surface area contributed by atoms with Crippen molar-refractivity contribution in [3.05, 3.63) is 0 Å². The highest BCUT2D eigenvalue weighted by Gasteiger charge is 2.32. The highest BCUT2D eigenvalue weighted by atomic mass is 16.5. The average molecular weight is 187 g/mol. The molecule has 0 bridgehead atoms. The smallest absolute Gasteiger partial charge is 0.0901 e. The van der Waals surface area contributed by atoms with Crippen LogP contribution in [0.25, 0.3) is 0 Å². The minimum atomic E-state index is -0.0835. The normalized spacial score (nSPS) is 34.8. The van der Waals surface area contributed by atoms with Gasteiger partial charge in [0.05, 0.1) is 12.2 Å². The quantitative estimate of drug-likeness (QED) is 0.717. The zero-order chi connectivity index (χ0) is 9.73. The van der Waals surface area contributed by atoms with Gasteiger partial charge in [0, 0.05) is 19.8 Å². The van der Waals surface area contributed by atoms with E-state index in [-0.39, 0.29) is 5.60 Å². The molecule has 3 nitrogen and oxygen atoms in total. The molecule has 2 atom stereocenters. The van der Waals surface area contributed by atoms with Gasteiger partial charge in [-0.3, -0.25) is 0 Å². The van der Waals surface area contributed by atoms with Crippen molar-refractivity contribution in [2.45, 2.75) is 38.3 Å². The fourth-order valence-corrected chi connectivity index (χ4v) is 2.00. The summed E-state index contributed by atoms with van der Waals surface area (Å²) in [5.41, 5.74) is -0.0835. The first-order valence-electron chi connectivity index (χ1n) is 5.06. The van der Waals surface area contributed by atoms with Gasteiger partial charge in [-0.15, -0.1) is 0 Å². The first kappa shape index (κ1) is 11.0. The molecule has 78 valence electrons. The summed E-state index contributed by atoms with van der Waals surface area (Å²) in [6.07, 6.45) is 2.17. The Bertz CT molecular complexity index is 146. The highest BCUT2D eigenvalue weighted by Crippen LogP contribution is 2.24. The fraction of sp³-hybridized carbons (Fsp3) is 1.00. The van der Waals surface area contributed by atoms with Gasteiger partial charge in [-0.25, -0.2) is 0 Å². The Morgan fingerprint density at radius 2 is 2.38 bits per heavy atom. The Morgan fingerprint density at radius 3 is 3.00 bits per heavy atom. The molecule has 1 rings (SSSR count). The summed E-state index contributed by atoms with van der Waals surface area (Å²) in [5, 5.41) is 3.46. The molecule has 0 radical (unpaired) electrons. The van der Waals surface area contributed by atoms with Gasteiger partial charge in [-0.05, 0) is 26.3 Å². The van der Waals surface area contributed by atoms with Crippen LogP contribution >= 0.6 is 0 Å². The molecule has 0 aromatic rings. The van der Waals surface area contributed by atoms with E-state index in [1.54, 1.807) is 7.11 Å². The lowest BCUT2D eigenvalue weighted by atomic mass is 9.93. The molecule has 0 aliphatic carbocycles. The Kier molecular flexibility index (Phi) is 4.16. The van der Waals surface area contributed by atoms with E-state index in [2.05, 4.69) is 19.2 Å². The van der Waals surface area contributed by atoms with Crippen LogP contribution in [-0.4, -0.2) is 38.5 Å². The highest BCUT2D eigenvalue weighted by molar-refractivity contribution is 4.86. The maximum atomic E-state index is 5.72. The van der Waals surface area contributed by atoms with Gasteiger partial charge in [-0.2, -0.15) is 0 Å². The van der Waals surface area contributed by atoms with E-state index in [1.165, 1.54) is 0 Å². The van der Waals surface area contributed by atoms with Gasteiger partial charge in [-0.1, -0.05) is 6.92 Å². The second-order valence-electron chi connectivity index (χ2n) is 3.98. The third-order valence-corrected chi connectivity index (χ3v) is 2.54. The minimum absolute atomic E-state index is 0.0835. The molecule has 2 unspecified atom stereocenters. The molecule has 0 aromatic carbocycles. The lowest BCUT2D eigenvalue weighted by Crippen LogP contribution is -2.47. The number of rotatable bonds is 4. The summed E-state index contributed by atoms with van der Waals surface area (Å²) in [7, 11) is 1.73. The van der Waals surface area contributed by atoms with Crippen molar-refractivity contribution in [2.75, 3.05) is 26.9 Å². The molecule has 1 heterocycles. The lowest BCUT2D eigenvalue weighted by Gasteiger charge is -2.38. The van der Waals surface area contributed by atoms with Gasteiger partial charge >= 0.3 is 0 Å². The van der Waals surface area contributed by atoms with Crippen molar-refractivity contribution in [3.8, 4) is 0 Å². The van der Waals surface area contributed by atoms with Crippen molar-refractivity contribution < 1.29 is 9.47 Å². The van der Waals surface area contributed by atoms with Crippen molar-refractivity contribution in [1.82, 2.24) is 5.32 Å². The Balaban J connectivity index is 2.39. The van der Waals surface area contributed by atoms with Gasteiger partial charge in [0.15, 0.2) is 0 Å². The summed E-state index contributed by atoms with van der Waals surface area (Å²) in [6, 6.07) is 0.596. The molecule has 0 amide bonds. The topological polar surface area (TPSA) is 30.5 Å². The Hall–Kier alpha value is -0.120. The maximum absolute atomic E-state index is 5.72. The number of hydrogen-bond acceptors (Lipinski definition) is 3. The van der Waals surface area contributed by atoms with Gasteiger partial charge in [0.25, 0.3) is 0 Å². The van der Waals surface area contributed by atoms with Crippen molar-refractivity contribution in [1.29, 1.82) is 0 Å². The molecule has 3 heteroatoms. The Morgan fingerprint density at radius 1 is 1.62 bits per heavy atom. The summed E-state index contributed by atoms with van der Waals surface area (Å²) in [4.78, 5) is 0. The largest absolute Gasteiger partial charge is 0.382 e. The van der Waals surface area contributed by atoms with Crippen molar-refractivity contribution >= 4 is 0 Å². The molecule has 0 spiro atoms.